The summed E-state index contributed by atoms with van der Waals surface area (Å²) in [5.41, 5.74) is 2.77. The van der Waals surface area contributed by atoms with Gasteiger partial charge in [0.25, 0.3) is 5.91 Å². The Morgan fingerprint density at radius 3 is 2.93 bits per heavy atom. The van der Waals surface area contributed by atoms with E-state index in [4.69, 9.17) is 5.11 Å². The minimum atomic E-state index is -0.453. The topological polar surface area (TPSA) is 105 Å². The molecule has 0 unspecified atom stereocenters. The van der Waals surface area contributed by atoms with Crippen LogP contribution in [0.5, 0.6) is 0 Å². The molecule has 154 valence electrons. The lowest BCUT2D eigenvalue weighted by molar-refractivity contribution is -0.113. The lowest BCUT2D eigenvalue weighted by Crippen LogP contribution is -2.31. The number of allylic oxidation sites excluding steroid dienone is 1. The molecule has 0 fully saturated rings. The SMILES string of the molecule is CC1=C(C(=O)Nc2cccnc2)[C@H](c2cccc(Br)c2)n2nc(CCCO)nc2N1. The fourth-order valence-electron chi connectivity index (χ4n) is 3.45. The summed E-state index contributed by atoms with van der Waals surface area (Å²) in [6.45, 7) is 1.93. The summed E-state index contributed by atoms with van der Waals surface area (Å²) in [5.74, 6) is 0.952. The molecule has 3 N–H and O–H groups in total. The van der Waals surface area contributed by atoms with Crippen LogP contribution in [0, 0.1) is 0 Å². The number of aliphatic hydroxyl groups is 1. The molecule has 3 heterocycles. The van der Waals surface area contributed by atoms with Crippen molar-refractivity contribution in [3.63, 3.8) is 0 Å². The van der Waals surface area contributed by atoms with Crippen LogP contribution < -0.4 is 10.6 Å². The van der Waals surface area contributed by atoms with Crippen LogP contribution in [0.2, 0.25) is 0 Å². The zero-order valence-corrected chi connectivity index (χ0v) is 17.9. The number of nitrogens with one attached hydrogen (secondary N) is 2. The minimum Gasteiger partial charge on any atom is -0.396 e. The number of anilines is 2. The molecule has 1 aromatic carbocycles. The van der Waals surface area contributed by atoms with E-state index in [1.54, 1.807) is 29.2 Å². The normalized spacial score (nSPS) is 15.5. The molecule has 1 amide bonds. The van der Waals surface area contributed by atoms with Gasteiger partial charge in [-0.15, -0.1) is 0 Å². The number of hydrogen-bond acceptors (Lipinski definition) is 6. The van der Waals surface area contributed by atoms with E-state index in [-0.39, 0.29) is 12.5 Å². The van der Waals surface area contributed by atoms with Crippen LogP contribution >= 0.6 is 15.9 Å². The monoisotopic (exact) mass is 468 g/mol. The van der Waals surface area contributed by atoms with E-state index >= 15 is 0 Å². The largest absolute Gasteiger partial charge is 0.396 e. The number of carbonyl (C=O) groups is 1. The summed E-state index contributed by atoms with van der Waals surface area (Å²) in [5, 5.41) is 19.9. The van der Waals surface area contributed by atoms with Gasteiger partial charge < -0.3 is 15.7 Å². The predicted molar refractivity (Wildman–Crippen MR) is 117 cm³/mol. The average molecular weight is 469 g/mol. The first kappa shape index (κ1) is 20.2. The maximum absolute atomic E-state index is 13.3. The zero-order valence-electron chi connectivity index (χ0n) is 16.3. The van der Waals surface area contributed by atoms with Crippen molar-refractivity contribution in [3.8, 4) is 0 Å². The van der Waals surface area contributed by atoms with Crippen molar-refractivity contribution in [2.24, 2.45) is 0 Å². The highest BCUT2D eigenvalue weighted by molar-refractivity contribution is 9.10. The molecule has 0 bridgehead atoms. The van der Waals surface area contributed by atoms with Gasteiger partial charge in [-0.25, -0.2) is 4.68 Å². The molecule has 2 aromatic heterocycles. The molecule has 0 aliphatic carbocycles. The van der Waals surface area contributed by atoms with E-state index < -0.39 is 6.04 Å². The molecule has 0 saturated carbocycles. The van der Waals surface area contributed by atoms with Crippen LogP contribution in [0.1, 0.15) is 30.8 Å². The van der Waals surface area contributed by atoms with E-state index in [2.05, 4.69) is 41.6 Å². The third kappa shape index (κ3) is 4.12. The highest BCUT2D eigenvalue weighted by Crippen LogP contribution is 2.36. The maximum Gasteiger partial charge on any atom is 0.255 e. The van der Waals surface area contributed by atoms with E-state index in [9.17, 15) is 4.79 Å². The molecular weight excluding hydrogens is 448 g/mol. The lowest BCUT2D eigenvalue weighted by atomic mass is 9.95. The molecule has 0 radical (unpaired) electrons. The molecular formula is C21H21BrN6O2. The van der Waals surface area contributed by atoms with E-state index in [0.29, 0.717) is 41.6 Å². The predicted octanol–water partition coefficient (Wildman–Crippen LogP) is 3.29. The van der Waals surface area contributed by atoms with Gasteiger partial charge in [0.05, 0.1) is 17.5 Å². The van der Waals surface area contributed by atoms with Gasteiger partial charge >= 0.3 is 0 Å². The van der Waals surface area contributed by atoms with Crippen LogP contribution in [0.3, 0.4) is 0 Å². The van der Waals surface area contributed by atoms with Gasteiger partial charge in [-0.2, -0.15) is 10.1 Å². The molecule has 1 aliphatic heterocycles. The number of amides is 1. The van der Waals surface area contributed by atoms with Crippen molar-refractivity contribution in [3.05, 3.63) is 75.9 Å². The number of aryl methyl sites for hydroxylation is 1. The number of hydrogen-bond donors (Lipinski definition) is 3. The Hall–Kier alpha value is -3.04. The van der Waals surface area contributed by atoms with Crippen molar-refractivity contribution < 1.29 is 9.90 Å². The van der Waals surface area contributed by atoms with Crippen LogP contribution in [-0.4, -0.2) is 37.4 Å². The Kier molecular flexibility index (Phi) is 5.91. The van der Waals surface area contributed by atoms with Crippen molar-refractivity contribution in [2.75, 3.05) is 17.2 Å². The summed E-state index contributed by atoms with van der Waals surface area (Å²) in [4.78, 5) is 21.9. The number of benzene rings is 1. The van der Waals surface area contributed by atoms with Gasteiger partial charge in [-0.05, 0) is 43.2 Å². The molecule has 0 spiro atoms. The van der Waals surface area contributed by atoms with Gasteiger partial charge in [0.2, 0.25) is 5.95 Å². The Bertz CT molecular complexity index is 1100. The van der Waals surface area contributed by atoms with Crippen molar-refractivity contribution in [1.82, 2.24) is 19.7 Å². The second-order valence-electron chi connectivity index (χ2n) is 6.94. The van der Waals surface area contributed by atoms with Crippen molar-refractivity contribution in [2.45, 2.75) is 25.8 Å². The number of aliphatic hydroxyl groups excluding tert-OH is 1. The molecule has 0 saturated heterocycles. The van der Waals surface area contributed by atoms with Crippen LogP contribution in [0.15, 0.2) is 64.5 Å². The number of rotatable bonds is 6. The molecule has 8 nitrogen and oxygen atoms in total. The molecule has 30 heavy (non-hydrogen) atoms. The Balaban J connectivity index is 1.77. The summed E-state index contributed by atoms with van der Waals surface area (Å²) in [6, 6.07) is 10.9. The Morgan fingerprint density at radius 2 is 2.20 bits per heavy atom. The van der Waals surface area contributed by atoms with Crippen LogP contribution in [-0.2, 0) is 11.2 Å². The third-order valence-corrected chi connectivity index (χ3v) is 5.28. The zero-order chi connectivity index (χ0) is 21.1. The van der Waals surface area contributed by atoms with E-state index in [1.165, 1.54) is 0 Å². The number of carbonyl (C=O) groups excluding carboxylic acids is 1. The number of pyridine rings is 1. The number of halogens is 1. The van der Waals surface area contributed by atoms with Crippen LogP contribution in [0.25, 0.3) is 0 Å². The number of nitrogens with zero attached hydrogens (tertiary/aromatic N) is 4. The van der Waals surface area contributed by atoms with Crippen LogP contribution in [0.4, 0.5) is 11.6 Å². The average Bonchev–Trinajstić information content (AvgIpc) is 3.14. The van der Waals surface area contributed by atoms with E-state index in [1.807, 2.05) is 31.2 Å². The fraction of sp³-hybridized carbons (Fsp3) is 0.238. The molecule has 1 aliphatic rings. The Morgan fingerprint density at radius 1 is 1.33 bits per heavy atom. The van der Waals surface area contributed by atoms with Gasteiger partial charge in [0.1, 0.15) is 6.04 Å². The van der Waals surface area contributed by atoms with Gasteiger partial charge in [0.15, 0.2) is 5.82 Å². The molecule has 9 heteroatoms. The van der Waals surface area contributed by atoms with Crippen molar-refractivity contribution >= 4 is 33.5 Å². The fourth-order valence-corrected chi connectivity index (χ4v) is 3.87. The van der Waals surface area contributed by atoms with Gasteiger partial charge in [-0.1, -0.05) is 28.1 Å². The lowest BCUT2D eigenvalue weighted by Gasteiger charge is -2.28. The quantitative estimate of drug-likeness (QED) is 0.512. The summed E-state index contributed by atoms with van der Waals surface area (Å²) >= 11 is 3.52. The first-order valence-corrected chi connectivity index (χ1v) is 10.4. The van der Waals surface area contributed by atoms with Gasteiger partial charge in [-0.3, -0.25) is 9.78 Å². The standard InChI is InChI=1S/C21H21BrN6O2/c1-13-18(20(30)25-16-7-3-9-23-12-16)19(14-5-2-6-15(22)11-14)28-21(24-13)26-17(27-28)8-4-10-29/h2-3,5-7,9,11-12,19,29H,4,8,10H2,1H3,(H,25,30)(H,24,26,27)/t19-/m0/s1. The third-order valence-electron chi connectivity index (χ3n) is 4.78. The number of fused-ring (bicyclic) bond motifs is 1. The highest BCUT2D eigenvalue weighted by Gasteiger charge is 2.34. The smallest absolute Gasteiger partial charge is 0.255 e. The second-order valence-corrected chi connectivity index (χ2v) is 7.86. The Labute approximate surface area is 182 Å². The second kappa shape index (κ2) is 8.76. The summed E-state index contributed by atoms with van der Waals surface area (Å²) < 4.78 is 2.64. The summed E-state index contributed by atoms with van der Waals surface area (Å²) in [6.07, 6.45) is 4.39. The molecule has 1 atom stereocenters. The minimum absolute atomic E-state index is 0.0718. The first-order chi connectivity index (χ1) is 14.6. The van der Waals surface area contributed by atoms with E-state index in [0.717, 1.165) is 10.0 Å². The molecule has 3 aromatic rings. The van der Waals surface area contributed by atoms with Crippen molar-refractivity contribution in [1.29, 1.82) is 0 Å². The highest BCUT2D eigenvalue weighted by atomic mass is 79.9. The number of aromatic nitrogens is 4. The summed E-state index contributed by atoms with van der Waals surface area (Å²) in [7, 11) is 0. The molecule has 4 rings (SSSR count). The van der Waals surface area contributed by atoms with Gasteiger partial charge in [0, 0.05) is 29.4 Å². The first-order valence-electron chi connectivity index (χ1n) is 9.57. The maximum atomic E-state index is 13.3.